The summed E-state index contributed by atoms with van der Waals surface area (Å²) in [6.07, 6.45) is 4.73. The van der Waals surface area contributed by atoms with Gasteiger partial charge >= 0.3 is 0 Å². The molecule has 0 fully saturated rings. The predicted octanol–water partition coefficient (Wildman–Crippen LogP) is 1.58. The summed E-state index contributed by atoms with van der Waals surface area (Å²) in [4.78, 5) is 13.5. The van der Waals surface area contributed by atoms with Gasteiger partial charge in [-0.2, -0.15) is 5.10 Å². The van der Waals surface area contributed by atoms with E-state index in [0.29, 0.717) is 12.1 Å². The zero-order valence-electron chi connectivity index (χ0n) is 9.23. The smallest absolute Gasteiger partial charge is 0.257 e. The Morgan fingerprint density at radius 2 is 2.44 bits per heavy atom. The molecule has 0 spiro atoms. The molecule has 0 saturated carbocycles. The van der Waals surface area contributed by atoms with E-state index in [-0.39, 0.29) is 5.91 Å². The largest absolute Gasteiger partial charge is 0.469 e. The lowest BCUT2D eigenvalue weighted by atomic mass is 10.2. The van der Waals surface area contributed by atoms with Gasteiger partial charge in [0.1, 0.15) is 5.76 Å². The highest BCUT2D eigenvalue weighted by Gasteiger charge is 2.14. The van der Waals surface area contributed by atoms with Crippen molar-refractivity contribution in [1.82, 2.24) is 15.1 Å². The van der Waals surface area contributed by atoms with Crippen LogP contribution in [0.15, 0.2) is 29.1 Å². The number of carbonyl (C=O) groups is 1. The maximum atomic E-state index is 11.9. The number of nitrogens with zero attached hydrogens (tertiary/aromatic N) is 2. The van der Waals surface area contributed by atoms with Gasteiger partial charge in [0.05, 0.1) is 18.0 Å². The first kappa shape index (κ1) is 10.5. The van der Waals surface area contributed by atoms with Crippen molar-refractivity contribution in [2.75, 3.05) is 7.05 Å². The maximum Gasteiger partial charge on any atom is 0.257 e. The van der Waals surface area contributed by atoms with Crippen molar-refractivity contribution in [1.29, 1.82) is 0 Å². The van der Waals surface area contributed by atoms with Crippen molar-refractivity contribution < 1.29 is 9.21 Å². The van der Waals surface area contributed by atoms with Crippen LogP contribution in [0.5, 0.6) is 0 Å². The van der Waals surface area contributed by atoms with Crippen LogP contribution >= 0.6 is 0 Å². The number of furan rings is 1. The Balaban J connectivity index is 2.07. The topological polar surface area (TPSA) is 62.1 Å². The van der Waals surface area contributed by atoms with E-state index in [0.717, 1.165) is 11.3 Å². The van der Waals surface area contributed by atoms with Crippen molar-refractivity contribution in [2.45, 2.75) is 13.5 Å². The first-order valence-electron chi connectivity index (χ1n) is 4.95. The Morgan fingerprint density at radius 1 is 1.62 bits per heavy atom. The molecule has 2 rings (SSSR count). The van der Waals surface area contributed by atoms with Gasteiger partial charge in [0.25, 0.3) is 5.91 Å². The summed E-state index contributed by atoms with van der Waals surface area (Å²) in [6, 6.07) is 1.87. The lowest BCUT2D eigenvalue weighted by Gasteiger charge is -2.15. The molecule has 0 aliphatic heterocycles. The van der Waals surface area contributed by atoms with Gasteiger partial charge in [-0.3, -0.25) is 9.89 Å². The number of hydrogen-bond acceptors (Lipinski definition) is 3. The van der Waals surface area contributed by atoms with E-state index in [1.165, 1.54) is 6.20 Å². The molecule has 5 nitrogen and oxygen atoms in total. The summed E-state index contributed by atoms with van der Waals surface area (Å²) in [5.74, 6) is 0.779. The third-order valence-electron chi connectivity index (χ3n) is 2.47. The van der Waals surface area contributed by atoms with Crippen LogP contribution in [0.1, 0.15) is 21.7 Å². The standard InChI is InChI=1S/C11H13N3O2/c1-8-9(3-4-16-8)7-14(2)11(15)10-5-12-13-6-10/h3-6H,7H2,1-2H3,(H,12,13). The van der Waals surface area contributed by atoms with Gasteiger partial charge in [-0.05, 0) is 13.0 Å². The number of amides is 1. The molecule has 5 heteroatoms. The molecular formula is C11H13N3O2. The third-order valence-corrected chi connectivity index (χ3v) is 2.47. The molecule has 16 heavy (non-hydrogen) atoms. The van der Waals surface area contributed by atoms with Gasteiger partial charge < -0.3 is 9.32 Å². The SMILES string of the molecule is Cc1occc1CN(C)C(=O)c1cn[nH]c1. The molecular weight excluding hydrogens is 206 g/mol. The number of rotatable bonds is 3. The van der Waals surface area contributed by atoms with Gasteiger partial charge in [0.15, 0.2) is 0 Å². The highest BCUT2D eigenvalue weighted by atomic mass is 16.3. The minimum atomic E-state index is -0.0608. The summed E-state index contributed by atoms with van der Waals surface area (Å²) in [5, 5.41) is 6.37. The lowest BCUT2D eigenvalue weighted by Crippen LogP contribution is -2.25. The molecule has 2 aromatic heterocycles. The molecule has 0 unspecified atom stereocenters. The maximum absolute atomic E-state index is 11.9. The molecule has 84 valence electrons. The Labute approximate surface area is 93.1 Å². The summed E-state index contributed by atoms with van der Waals surface area (Å²) in [5.41, 5.74) is 1.57. The molecule has 2 aromatic rings. The summed E-state index contributed by atoms with van der Waals surface area (Å²) < 4.78 is 5.18. The molecule has 1 N–H and O–H groups in total. The van der Waals surface area contributed by atoms with Gasteiger partial charge in [-0.25, -0.2) is 0 Å². The normalized spacial score (nSPS) is 10.4. The Bertz CT molecular complexity index is 473. The number of H-pyrrole nitrogens is 1. The Kier molecular flexibility index (Phi) is 2.76. The minimum absolute atomic E-state index is 0.0608. The van der Waals surface area contributed by atoms with E-state index in [1.807, 2.05) is 13.0 Å². The molecule has 2 heterocycles. The number of aryl methyl sites for hydroxylation is 1. The van der Waals surface area contributed by atoms with Crippen molar-refractivity contribution >= 4 is 5.91 Å². The quantitative estimate of drug-likeness (QED) is 0.852. The number of carbonyl (C=O) groups excluding carboxylic acids is 1. The van der Waals surface area contributed by atoms with E-state index in [2.05, 4.69) is 10.2 Å². The van der Waals surface area contributed by atoms with Crippen LogP contribution in [-0.4, -0.2) is 28.1 Å². The van der Waals surface area contributed by atoms with Gasteiger partial charge in [0.2, 0.25) is 0 Å². The van der Waals surface area contributed by atoms with Crippen molar-refractivity contribution in [3.05, 3.63) is 41.6 Å². The van der Waals surface area contributed by atoms with Crippen LogP contribution in [0.2, 0.25) is 0 Å². The lowest BCUT2D eigenvalue weighted by molar-refractivity contribution is 0.0785. The van der Waals surface area contributed by atoms with E-state index < -0.39 is 0 Å². The third kappa shape index (κ3) is 1.98. The van der Waals surface area contributed by atoms with Crippen LogP contribution in [0.25, 0.3) is 0 Å². The highest BCUT2D eigenvalue weighted by Crippen LogP contribution is 2.12. The van der Waals surface area contributed by atoms with Crippen molar-refractivity contribution in [2.24, 2.45) is 0 Å². The molecule has 0 aliphatic carbocycles. The first-order chi connectivity index (χ1) is 7.68. The first-order valence-corrected chi connectivity index (χ1v) is 4.95. The second kappa shape index (κ2) is 4.22. The van der Waals surface area contributed by atoms with Gasteiger partial charge in [0, 0.05) is 25.4 Å². The number of aromatic amines is 1. The zero-order chi connectivity index (χ0) is 11.5. The van der Waals surface area contributed by atoms with Gasteiger partial charge in [-0.1, -0.05) is 0 Å². The second-order valence-corrected chi connectivity index (χ2v) is 3.65. The second-order valence-electron chi connectivity index (χ2n) is 3.65. The fraction of sp³-hybridized carbons (Fsp3) is 0.273. The molecule has 0 saturated heterocycles. The molecule has 0 aromatic carbocycles. The predicted molar refractivity (Wildman–Crippen MR) is 57.8 cm³/mol. The van der Waals surface area contributed by atoms with E-state index >= 15 is 0 Å². The summed E-state index contributed by atoms with van der Waals surface area (Å²) in [6.45, 7) is 2.41. The number of aromatic nitrogens is 2. The molecule has 0 atom stereocenters. The summed E-state index contributed by atoms with van der Waals surface area (Å²) in [7, 11) is 1.75. The Hall–Kier alpha value is -2.04. The number of nitrogens with one attached hydrogen (secondary N) is 1. The van der Waals surface area contributed by atoms with Crippen LogP contribution in [0.4, 0.5) is 0 Å². The van der Waals surface area contributed by atoms with Crippen LogP contribution in [0, 0.1) is 6.92 Å². The van der Waals surface area contributed by atoms with E-state index in [9.17, 15) is 4.79 Å². The Morgan fingerprint density at radius 3 is 3.00 bits per heavy atom. The molecule has 0 radical (unpaired) electrons. The van der Waals surface area contributed by atoms with Crippen molar-refractivity contribution in [3.8, 4) is 0 Å². The fourth-order valence-electron chi connectivity index (χ4n) is 1.49. The molecule has 1 amide bonds. The summed E-state index contributed by atoms with van der Waals surface area (Å²) >= 11 is 0. The number of hydrogen-bond donors (Lipinski definition) is 1. The van der Waals surface area contributed by atoms with E-state index in [1.54, 1.807) is 24.4 Å². The van der Waals surface area contributed by atoms with E-state index in [4.69, 9.17) is 4.42 Å². The monoisotopic (exact) mass is 219 g/mol. The van der Waals surface area contributed by atoms with Gasteiger partial charge in [-0.15, -0.1) is 0 Å². The fourth-order valence-corrected chi connectivity index (χ4v) is 1.49. The van der Waals surface area contributed by atoms with Crippen LogP contribution in [-0.2, 0) is 6.54 Å². The minimum Gasteiger partial charge on any atom is -0.469 e. The molecule has 0 bridgehead atoms. The molecule has 0 aliphatic rings. The van der Waals surface area contributed by atoms with Crippen LogP contribution < -0.4 is 0 Å². The highest BCUT2D eigenvalue weighted by molar-refractivity contribution is 5.93. The average Bonchev–Trinajstić information content (AvgIpc) is 2.89. The van der Waals surface area contributed by atoms with Crippen LogP contribution in [0.3, 0.4) is 0 Å². The zero-order valence-corrected chi connectivity index (χ0v) is 9.23. The average molecular weight is 219 g/mol. The van der Waals surface area contributed by atoms with Crippen molar-refractivity contribution in [3.63, 3.8) is 0 Å².